The molecule has 1 aromatic heterocycles. The summed E-state index contributed by atoms with van der Waals surface area (Å²) in [6.07, 6.45) is 1.90. The molecule has 0 aliphatic rings. The van der Waals surface area contributed by atoms with Crippen molar-refractivity contribution in [3.05, 3.63) is 39.3 Å². The van der Waals surface area contributed by atoms with Crippen LogP contribution >= 0.6 is 34.5 Å². The Hall–Kier alpha value is -0.610. The zero-order valence-corrected chi connectivity index (χ0v) is 13.2. The highest BCUT2D eigenvalue weighted by Gasteiger charge is 2.07. The third kappa shape index (κ3) is 4.46. The summed E-state index contributed by atoms with van der Waals surface area (Å²) in [7, 11) is 0. The number of thiazole rings is 1. The minimum atomic E-state index is 0.636. The second-order valence-electron chi connectivity index (χ2n) is 4.81. The van der Waals surface area contributed by atoms with Crippen LogP contribution < -0.4 is 5.32 Å². The van der Waals surface area contributed by atoms with E-state index in [0.29, 0.717) is 16.0 Å². The number of halogens is 2. The quantitative estimate of drug-likeness (QED) is 0.852. The lowest BCUT2D eigenvalue weighted by molar-refractivity contribution is 0.554. The second-order valence-corrected chi connectivity index (χ2v) is 6.80. The third-order valence-electron chi connectivity index (χ3n) is 2.51. The van der Waals surface area contributed by atoms with E-state index in [2.05, 4.69) is 24.1 Å². The van der Waals surface area contributed by atoms with Gasteiger partial charge in [-0.3, -0.25) is 0 Å². The Labute approximate surface area is 127 Å². The minimum absolute atomic E-state index is 0.636. The van der Waals surface area contributed by atoms with Crippen molar-refractivity contribution < 1.29 is 0 Å². The zero-order valence-electron chi connectivity index (χ0n) is 10.9. The molecule has 0 saturated heterocycles. The zero-order chi connectivity index (χ0) is 13.8. The van der Waals surface area contributed by atoms with Gasteiger partial charge in [-0.25, -0.2) is 4.98 Å². The van der Waals surface area contributed by atoms with Gasteiger partial charge in [0.1, 0.15) is 5.01 Å². The lowest BCUT2D eigenvalue weighted by Gasteiger charge is -2.04. The van der Waals surface area contributed by atoms with Crippen LogP contribution in [0.25, 0.3) is 10.6 Å². The molecule has 0 bridgehead atoms. The van der Waals surface area contributed by atoms with Gasteiger partial charge in [-0.15, -0.1) is 11.3 Å². The van der Waals surface area contributed by atoms with Crippen LogP contribution in [-0.4, -0.2) is 11.5 Å². The van der Waals surface area contributed by atoms with Gasteiger partial charge in [-0.05, 0) is 30.7 Å². The smallest absolute Gasteiger partial charge is 0.123 e. The maximum Gasteiger partial charge on any atom is 0.123 e. The molecule has 0 aliphatic heterocycles. The topological polar surface area (TPSA) is 24.9 Å². The number of nitrogens with zero attached hydrogens (tertiary/aromatic N) is 1. The largest absolute Gasteiger partial charge is 0.312 e. The molecule has 0 atom stereocenters. The average molecular weight is 315 g/mol. The molecule has 1 heterocycles. The molecule has 0 saturated carbocycles. The van der Waals surface area contributed by atoms with E-state index in [1.54, 1.807) is 17.4 Å². The maximum atomic E-state index is 6.01. The monoisotopic (exact) mass is 314 g/mol. The molecule has 0 aliphatic carbocycles. The SMILES string of the molecule is CC(C)CNCc1cnc(-c2cc(Cl)cc(Cl)c2)s1. The number of benzene rings is 1. The van der Waals surface area contributed by atoms with Crippen LogP contribution in [0.2, 0.25) is 10.0 Å². The van der Waals surface area contributed by atoms with Gasteiger partial charge in [-0.1, -0.05) is 37.0 Å². The summed E-state index contributed by atoms with van der Waals surface area (Å²) in [5, 5.41) is 5.63. The first-order valence-corrected chi connectivity index (χ1v) is 7.73. The highest BCUT2D eigenvalue weighted by molar-refractivity contribution is 7.15. The summed E-state index contributed by atoms with van der Waals surface area (Å²) >= 11 is 13.7. The lowest BCUT2D eigenvalue weighted by atomic mass is 10.2. The fraction of sp³-hybridized carbons (Fsp3) is 0.357. The maximum absolute atomic E-state index is 6.01. The molecule has 0 fully saturated rings. The van der Waals surface area contributed by atoms with Gasteiger partial charge in [0.2, 0.25) is 0 Å². The van der Waals surface area contributed by atoms with Gasteiger partial charge in [-0.2, -0.15) is 0 Å². The van der Waals surface area contributed by atoms with Crippen molar-refractivity contribution in [3.63, 3.8) is 0 Å². The van der Waals surface area contributed by atoms with Crippen molar-refractivity contribution in [2.24, 2.45) is 5.92 Å². The van der Waals surface area contributed by atoms with E-state index in [-0.39, 0.29) is 0 Å². The molecular weight excluding hydrogens is 299 g/mol. The molecule has 2 aromatic rings. The molecular formula is C14H16Cl2N2S. The van der Waals surface area contributed by atoms with Crippen molar-refractivity contribution >= 4 is 34.5 Å². The molecule has 2 rings (SSSR count). The van der Waals surface area contributed by atoms with Crippen molar-refractivity contribution in [3.8, 4) is 10.6 Å². The fourth-order valence-electron chi connectivity index (χ4n) is 1.68. The standard InChI is InChI=1S/C14H16Cl2N2S/c1-9(2)6-17-7-13-8-18-14(19-13)10-3-11(15)5-12(16)4-10/h3-5,8-9,17H,6-7H2,1-2H3. The van der Waals surface area contributed by atoms with Crippen molar-refractivity contribution in [2.75, 3.05) is 6.54 Å². The first kappa shape index (κ1) is 14.8. The van der Waals surface area contributed by atoms with E-state index in [9.17, 15) is 0 Å². The van der Waals surface area contributed by atoms with Crippen LogP contribution in [0.5, 0.6) is 0 Å². The van der Waals surface area contributed by atoms with Gasteiger partial charge in [0.25, 0.3) is 0 Å². The molecule has 0 unspecified atom stereocenters. The molecule has 0 amide bonds. The van der Waals surface area contributed by atoms with E-state index in [4.69, 9.17) is 23.2 Å². The molecule has 0 spiro atoms. The molecule has 102 valence electrons. The van der Waals surface area contributed by atoms with Crippen LogP contribution in [0.4, 0.5) is 0 Å². The summed E-state index contributed by atoms with van der Waals surface area (Å²) in [5.41, 5.74) is 0.970. The molecule has 1 aromatic carbocycles. The van der Waals surface area contributed by atoms with Crippen LogP contribution in [0.15, 0.2) is 24.4 Å². The normalized spacial score (nSPS) is 11.2. The Morgan fingerprint density at radius 3 is 2.53 bits per heavy atom. The Morgan fingerprint density at radius 2 is 1.89 bits per heavy atom. The van der Waals surface area contributed by atoms with Crippen LogP contribution in [0, 0.1) is 5.92 Å². The summed E-state index contributed by atoms with van der Waals surface area (Å²) in [6, 6.07) is 5.50. The minimum Gasteiger partial charge on any atom is -0.312 e. The van der Waals surface area contributed by atoms with Gasteiger partial charge in [0.15, 0.2) is 0 Å². The average Bonchev–Trinajstić information content (AvgIpc) is 2.76. The van der Waals surface area contributed by atoms with Crippen molar-refractivity contribution in [1.29, 1.82) is 0 Å². The van der Waals surface area contributed by atoms with E-state index in [0.717, 1.165) is 23.7 Å². The van der Waals surface area contributed by atoms with E-state index in [1.807, 2.05) is 18.3 Å². The predicted molar refractivity (Wildman–Crippen MR) is 84.1 cm³/mol. The van der Waals surface area contributed by atoms with E-state index < -0.39 is 0 Å². The Bertz CT molecular complexity index is 532. The summed E-state index contributed by atoms with van der Waals surface area (Å²) in [6.45, 7) is 6.25. The second kappa shape index (κ2) is 6.71. The van der Waals surface area contributed by atoms with Gasteiger partial charge < -0.3 is 5.32 Å². The highest BCUT2D eigenvalue weighted by Crippen LogP contribution is 2.30. The molecule has 5 heteroatoms. The summed E-state index contributed by atoms with van der Waals surface area (Å²) in [5.74, 6) is 0.652. The number of hydrogen-bond donors (Lipinski definition) is 1. The van der Waals surface area contributed by atoms with Crippen molar-refractivity contribution in [1.82, 2.24) is 10.3 Å². The van der Waals surface area contributed by atoms with Crippen LogP contribution in [0.3, 0.4) is 0 Å². The number of hydrogen-bond acceptors (Lipinski definition) is 3. The highest BCUT2D eigenvalue weighted by atomic mass is 35.5. The summed E-state index contributed by atoms with van der Waals surface area (Å²) in [4.78, 5) is 5.64. The lowest BCUT2D eigenvalue weighted by Crippen LogP contribution is -2.18. The van der Waals surface area contributed by atoms with E-state index >= 15 is 0 Å². The number of aromatic nitrogens is 1. The number of nitrogens with one attached hydrogen (secondary N) is 1. The van der Waals surface area contributed by atoms with Gasteiger partial charge in [0.05, 0.1) is 0 Å². The first-order chi connectivity index (χ1) is 9.04. The fourth-order valence-corrected chi connectivity index (χ4v) is 3.08. The predicted octanol–water partition coefficient (Wildman–Crippen LogP) is 4.86. The Balaban J connectivity index is 2.07. The van der Waals surface area contributed by atoms with Gasteiger partial charge in [0, 0.05) is 33.2 Å². The molecule has 2 nitrogen and oxygen atoms in total. The molecule has 0 radical (unpaired) electrons. The molecule has 1 N–H and O–H groups in total. The van der Waals surface area contributed by atoms with Crippen molar-refractivity contribution in [2.45, 2.75) is 20.4 Å². The van der Waals surface area contributed by atoms with Gasteiger partial charge >= 0.3 is 0 Å². The Morgan fingerprint density at radius 1 is 1.21 bits per heavy atom. The first-order valence-electron chi connectivity index (χ1n) is 6.16. The number of rotatable bonds is 5. The Kier molecular flexibility index (Phi) is 5.22. The molecule has 19 heavy (non-hydrogen) atoms. The van der Waals surface area contributed by atoms with E-state index in [1.165, 1.54) is 4.88 Å². The van der Waals surface area contributed by atoms with Crippen LogP contribution in [-0.2, 0) is 6.54 Å². The summed E-state index contributed by atoms with van der Waals surface area (Å²) < 4.78 is 0. The third-order valence-corrected chi connectivity index (χ3v) is 4.00. The van der Waals surface area contributed by atoms with Crippen LogP contribution in [0.1, 0.15) is 18.7 Å².